The predicted octanol–water partition coefficient (Wildman–Crippen LogP) is 5.85. The number of ether oxygens (including phenoxy) is 1. The Balaban J connectivity index is 2.26. The van der Waals surface area contributed by atoms with Crippen LogP contribution in [0, 0.1) is 0 Å². The van der Waals surface area contributed by atoms with Crippen LogP contribution in [0.3, 0.4) is 0 Å². The summed E-state index contributed by atoms with van der Waals surface area (Å²) in [5, 5.41) is 0. The summed E-state index contributed by atoms with van der Waals surface area (Å²) in [6, 6.07) is 7.89. The molecule has 0 saturated heterocycles. The molecule has 0 bridgehead atoms. The van der Waals surface area contributed by atoms with Crippen LogP contribution in [0.1, 0.15) is 70.8 Å². The van der Waals surface area contributed by atoms with E-state index >= 15 is 0 Å². The molecule has 0 atom stereocenters. The van der Waals surface area contributed by atoms with Crippen molar-refractivity contribution in [3.05, 3.63) is 42.0 Å². The first kappa shape index (κ1) is 18.5. The number of allylic oxidation sites excluding steroid dienone is 1. The van der Waals surface area contributed by atoms with Crippen LogP contribution in [0.15, 0.2) is 36.4 Å². The van der Waals surface area contributed by atoms with Crippen molar-refractivity contribution >= 4 is 5.97 Å². The van der Waals surface area contributed by atoms with E-state index in [-0.39, 0.29) is 5.97 Å². The van der Waals surface area contributed by atoms with Crippen LogP contribution in [0.25, 0.3) is 0 Å². The Kier molecular flexibility index (Phi) is 10.1. The fourth-order valence-corrected chi connectivity index (χ4v) is 2.33. The van der Waals surface area contributed by atoms with Gasteiger partial charge in [-0.3, -0.25) is 0 Å². The lowest BCUT2D eigenvalue weighted by atomic mass is 10.0. The van der Waals surface area contributed by atoms with Crippen LogP contribution < -0.4 is 4.74 Å². The van der Waals surface area contributed by atoms with Gasteiger partial charge in [0.2, 0.25) is 0 Å². The Bertz CT molecular complexity index is 432. The average Bonchev–Trinajstić information content (AvgIpc) is 2.52. The zero-order valence-electron chi connectivity index (χ0n) is 14.1. The second-order valence-electron chi connectivity index (χ2n) is 5.77. The number of hydrogen-bond donors (Lipinski definition) is 0. The minimum absolute atomic E-state index is 0.294. The normalized spacial score (nSPS) is 11.0. The number of esters is 1. The summed E-state index contributed by atoms with van der Waals surface area (Å²) >= 11 is 0. The minimum atomic E-state index is -0.294. The van der Waals surface area contributed by atoms with Gasteiger partial charge >= 0.3 is 5.97 Å². The Morgan fingerprint density at radius 3 is 2.32 bits per heavy atom. The topological polar surface area (TPSA) is 26.3 Å². The van der Waals surface area contributed by atoms with E-state index < -0.39 is 0 Å². The number of rotatable bonds is 11. The molecule has 0 aliphatic heterocycles. The third-order valence-electron chi connectivity index (χ3n) is 3.67. The zero-order valence-corrected chi connectivity index (χ0v) is 14.1. The van der Waals surface area contributed by atoms with Crippen molar-refractivity contribution in [3.63, 3.8) is 0 Å². The van der Waals surface area contributed by atoms with Crippen molar-refractivity contribution in [2.24, 2.45) is 0 Å². The second kappa shape index (κ2) is 12.0. The lowest BCUT2D eigenvalue weighted by Crippen LogP contribution is -2.03. The van der Waals surface area contributed by atoms with E-state index in [1.165, 1.54) is 50.2 Å². The molecule has 122 valence electrons. The van der Waals surface area contributed by atoms with Crippen molar-refractivity contribution in [1.29, 1.82) is 0 Å². The highest BCUT2D eigenvalue weighted by Gasteiger charge is 2.01. The van der Waals surface area contributed by atoms with Gasteiger partial charge in [-0.2, -0.15) is 0 Å². The molecule has 0 aromatic heterocycles. The molecule has 2 nitrogen and oxygen atoms in total. The van der Waals surface area contributed by atoms with E-state index in [1.54, 1.807) is 0 Å². The maximum absolute atomic E-state index is 11.6. The van der Waals surface area contributed by atoms with Crippen LogP contribution >= 0.6 is 0 Å². The molecule has 0 spiro atoms. The van der Waals surface area contributed by atoms with Crippen molar-refractivity contribution in [3.8, 4) is 5.75 Å². The molecule has 1 aromatic carbocycles. The molecule has 0 amide bonds. The van der Waals surface area contributed by atoms with Gasteiger partial charge in [0.1, 0.15) is 5.75 Å². The fraction of sp³-hybridized carbons (Fsp3) is 0.550. The van der Waals surface area contributed by atoms with E-state index in [0.717, 1.165) is 19.3 Å². The summed E-state index contributed by atoms with van der Waals surface area (Å²) in [7, 11) is 0. The molecule has 0 aliphatic carbocycles. The number of carbonyl (C=O) groups excluding carboxylic acids is 1. The molecule has 0 fully saturated rings. The maximum Gasteiger partial charge on any atom is 0.335 e. The van der Waals surface area contributed by atoms with Gasteiger partial charge in [0, 0.05) is 6.08 Å². The summed E-state index contributed by atoms with van der Waals surface area (Å²) in [5.74, 6) is 0.329. The summed E-state index contributed by atoms with van der Waals surface area (Å²) in [6.45, 7) is 4.33. The van der Waals surface area contributed by atoms with Crippen molar-refractivity contribution < 1.29 is 9.53 Å². The van der Waals surface area contributed by atoms with Gasteiger partial charge in [0.25, 0.3) is 0 Å². The molecular weight excluding hydrogens is 272 g/mol. The molecule has 0 saturated carbocycles. The first-order valence-corrected chi connectivity index (χ1v) is 8.73. The van der Waals surface area contributed by atoms with Crippen LogP contribution in [0.5, 0.6) is 5.75 Å². The molecule has 0 heterocycles. The Morgan fingerprint density at radius 1 is 0.955 bits per heavy atom. The Hall–Kier alpha value is -1.57. The smallest absolute Gasteiger partial charge is 0.335 e. The highest BCUT2D eigenvalue weighted by molar-refractivity contribution is 5.83. The molecule has 0 aliphatic rings. The highest BCUT2D eigenvalue weighted by atomic mass is 16.5. The number of aryl methyl sites for hydroxylation is 1. The zero-order chi connectivity index (χ0) is 16.0. The van der Waals surface area contributed by atoms with Crippen LogP contribution in [0.4, 0.5) is 0 Å². The fourth-order valence-electron chi connectivity index (χ4n) is 2.33. The van der Waals surface area contributed by atoms with E-state index in [0.29, 0.717) is 5.75 Å². The van der Waals surface area contributed by atoms with Crippen LogP contribution in [0.2, 0.25) is 0 Å². The molecule has 2 heteroatoms. The van der Waals surface area contributed by atoms with Gasteiger partial charge in [0.15, 0.2) is 0 Å². The highest BCUT2D eigenvalue weighted by Crippen LogP contribution is 2.15. The molecule has 1 rings (SSSR count). The first-order valence-electron chi connectivity index (χ1n) is 8.73. The quantitative estimate of drug-likeness (QED) is 0.222. The van der Waals surface area contributed by atoms with Gasteiger partial charge < -0.3 is 4.74 Å². The monoisotopic (exact) mass is 302 g/mol. The van der Waals surface area contributed by atoms with Gasteiger partial charge in [-0.1, -0.05) is 70.6 Å². The predicted molar refractivity (Wildman–Crippen MR) is 93.2 cm³/mol. The van der Waals surface area contributed by atoms with E-state index in [2.05, 4.69) is 26.0 Å². The molecule has 0 N–H and O–H groups in total. The number of unbranched alkanes of at least 4 members (excludes halogenated alkanes) is 6. The Labute approximate surface area is 135 Å². The van der Waals surface area contributed by atoms with Gasteiger partial charge in [-0.15, -0.1) is 0 Å². The summed E-state index contributed by atoms with van der Waals surface area (Å²) < 4.78 is 5.26. The van der Waals surface area contributed by atoms with E-state index in [1.807, 2.05) is 18.2 Å². The molecule has 0 radical (unpaired) electrons. The number of benzene rings is 1. The Morgan fingerprint density at radius 2 is 1.64 bits per heavy atom. The van der Waals surface area contributed by atoms with Crippen molar-refractivity contribution in [2.75, 3.05) is 0 Å². The van der Waals surface area contributed by atoms with Crippen LogP contribution in [-0.4, -0.2) is 5.97 Å². The standard InChI is InChI=1S/C20H30O2/c1-3-5-7-8-9-11-12-18-14-16-19(17-15-18)22-20(21)13-10-6-4-2/h10,13-17H,3-9,11-12H2,1-2H3. The molecular formula is C20H30O2. The van der Waals surface area contributed by atoms with E-state index in [4.69, 9.17) is 4.74 Å². The third-order valence-corrected chi connectivity index (χ3v) is 3.67. The van der Waals surface area contributed by atoms with E-state index in [9.17, 15) is 4.79 Å². The first-order chi connectivity index (χ1) is 10.8. The van der Waals surface area contributed by atoms with Crippen LogP contribution in [-0.2, 0) is 11.2 Å². The minimum Gasteiger partial charge on any atom is -0.423 e. The van der Waals surface area contributed by atoms with Crippen molar-refractivity contribution in [1.82, 2.24) is 0 Å². The average molecular weight is 302 g/mol. The summed E-state index contributed by atoms with van der Waals surface area (Å²) in [4.78, 5) is 11.6. The number of carbonyl (C=O) groups is 1. The summed E-state index contributed by atoms with van der Waals surface area (Å²) in [5.41, 5.74) is 1.32. The lowest BCUT2D eigenvalue weighted by molar-refractivity contribution is -0.129. The lowest BCUT2D eigenvalue weighted by Gasteiger charge is -2.04. The molecule has 22 heavy (non-hydrogen) atoms. The SMILES string of the molecule is CCCC=CC(=O)Oc1ccc(CCCCCCCC)cc1. The largest absolute Gasteiger partial charge is 0.423 e. The van der Waals surface area contributed by atoms with Gasteiger partial charge in [0.05, 0.1) is 0 Å². The summed E-state index contributed by atoms with van der Waals surface area (Å²) in [6.07, 6.45) is 14.3. The van der Waals surface area contributed by atoms with Gasteiger partial charge in [-0.05, 0) is 37.0 Å². The molecule has 0 unspecified atom stereocenters. The molecule has 1 aromatic rings. The second-order valence-corrected chi connectivity index (χ2v) is 5.77. The van der Waals surface area contributed by atoms with Crippen molar-refractivity contribution in [2.45, 2.75) is 71.6 Å². The maximum atomic E-state index is 11.6. The number of hydrogen-bond acceptors (Lipinski definition) is 2. The van der Waals surface area contributed by atoms with Gasteiger partial charge in [-0.25, -0.2) is 4.79 Å². The third kappa shape index (κ3) is 8.66.